The van der Waals surface area contributed by atoms with Gasteiger partial charge in [0.25, 0.3) is 0 Å². The quantitative estimate of drug-likeness (QED) is 0.361. The minimum atomic E-state index is -0.645. The minimum absolute atomic E-state index is 0.220. The van der Waals surface area contributed by atoms with E-state index in [-0.39, 0.29) is 18.0 Å². The highest BCUT2D eigenvalue weighted by atomic mass is 35.5. The summed E-state index contributed by atoms with van der Waals surface area (Å²) in [7, 11) is 0. The molecular weight excluding hydrogens is 448 g/mol. The van der Waals surface area contributed by atoms with Gasteiger partial charge in [-0.15, -0.1) is 0 Å². The first kappa shape index (κ1) is 25.1. The van der Waals surface area contributed by atoms with E-state index in [0.717, 1.165) is 87.5 Å². The molecule has 0 aromatic carbocycles. The zero-order chi connectivity index (χ0) is 24.1. The molecule has 1 aromatic heterocycles. The molecule has 34 heavy (non-hydrogen) atoms. The number of nitrogens with zero attached hydrogens (tertiary/aromatic N) is 4. The van der Waals surface area contributed by atoms with Crippen LogP contribution in [0, 0.1) is 5.92 Å². The third-order valence-electron chi connectivity index (χ3n) is 7.67. The molecule has 2 bridgehead atoms. The molecule has 6 nitrogen and oxygen atoms in total. The van der Waals surface area contributed by atoms with Crippen molar-refractivity contribution in [1.82, 2.24) is 19.6 Å². The molecule has 2 fully saturated rings. The van der Waals surface area contributed by atoms with Crippen molar-refractivity contribution in [2.24, 2.45) is 5.92 Å². The first-order valence-electron chi connectivity index (χ1n) is 12.9. The molecule has 0 spiro atoms. The van der Waals surface area contributed by atoms with Crippen LogP contribution in [0.25, 0.3) is 5.70 Å². The number of piperidine rings is 2. The Morgan fingerprint density at radius 3 is 2.71 bits per heavy atom. The molecule has 4 rings (SSSR count). The van der Waals surface area contributed by atoms with E-state index in [1.54, 1.807) is 0 Å². The van der Waals surface area contributed by atoms with Crippen molar-refractivity contribution in [2.75, 3.05) is 13.1 Å². The lowest BCUT2D eigenvalue weighted by atomic mass is 9.78. The predicted molar refractivity (Wildman–Crippen MR) is 137 cm³/mol. The number of carboxylic acid groups (broad SMARTS) is 1. The molecule has 3 aliphatic heterocycles. The predicted octanol–water partition coefficient (Wildman–Crippen LogP) is 5.65. The van der Waals surface area contributed by atoms with Gasteiger partial charge in [-0.3, -0.25) is 14.4 Å². The number of aromatic nitrogens is 2. The molecule has 2 saturated heterocycles. The van der Waals surface area contributed by atoms with E-state index in [0.29, 0.717) is 0 Å². The summed E-state index contributed by atoms with van der Waals surface area (Å²) in [4.78, 5) is 16.6. The third kappa shape index (κ3) is 5.95. The molecular formula is C27H39ClN4O2. The number of fused-ring (bicyclic) bond motifs is 3. The summed E-state index contributed by atoms with van der Waals surface area (Å²) in [5.74, 6) is -0.865. The highest BCUT2D eigenvalue weighted by molar-refractivity contribution is 6.31. The van der Waals surface area contributed by atoms with E-state index in [4.69, 9.17) is 16.7 Å². The van der Waals surface area contributed by atoms with Crippen LogP contribution in [0.2, 0.25) is 0 Å². The van der Waals surface area contributed by atoms with Gasteiger partial charge in [-0.25, -0.2) is 0 Å². The Morgan fingerprint density at radius 2 is 2.00 bits per heavy atom. The van der Waals surface area contributed by atoms with Gasteiger partial charge in [0.2, 0.25) is 0 Å². The van der Waals surface area contributed by atoms with Crippen LogP contribution in [-0.2, 0) is 17.9 Å². The van der Waals surface area contributed by atoms with Crippen LogP contribution in [0.1, 0.15) is 76.1 Å². The van der Waals surface area contributed by atoms with E-state index in [9.17, 15) is 9.90 Å². The topological polar surface area (TPSA) is 61.6 Å². The summed E-state index contributed by atoms with van der Waals surface area (Å²) in [6.07, 6.45) is 15.3. The van der Waals surface area contributed by atoms with Gasteiger partial charge in [0.05, 0.1) is 17.3 Å². The Kier molecular flexibility index (Phi) is 8.54. The highest BCUT2D eigenvalue weighted by Crippen LogP contribution is 2.41. The Hall–Kier alpha value is -2.05. The van der Waals surface area contributed by atoms with Gasteiger partial charge in [0.1, 0.15) is 5.69 Å². The number of hydrogen-bond acceptors (Lipinski definition) is 4. The van der Waals surface area contributed by atoms with Gasteiger partial charge < -0.3 is 10.0 Å². The SMILES string of the molecule is C=C(c1cc2n(n1)CCCN(CCCCC=CC(Cl)=CC)C2)N1C2CCCC1CC(C(=O)O)C2. The summed E-state index contributed by atoms with van der Waals surface area (Å²) >= 11 is 6.01. The van der Waals surface area contributed by atoms with Crippen LogP contribution in [0.4, 0.5) is 0 Å². The van der Waals surface area contributed by atoms with E-state index in [1.807, 2.05) is 19.1 Å². The van der Waals surface area contributed by atoms with Gasteiger partial charge in [-0.1, -0.05) is 30.3 Å². The van der Waals surface area contributed by atoms with Crippen LogP contribution in [0.15, 0.2) is 35.9 Å². The van der Waals surface area contributed by atoms with Crippen molar-refractivity contribution in [1.29, 1.82) is 0 Å². The van der Waals surface area contributed by atoms with E-state index >= 15 is 0 Å². The Morgan fingerprint density at radius 1 is 1.24 bits per heavy atom. The number of rotatable bonds is 9. The van der Waals surface area contributed by atoms with Gasteiger partial charge >= 0.3 is 5.97 Å². The van der Waals surface area contributed by atoms with Crippen LogP contribution < -0.4 is 0 Å². The number of unbranched alkanes of at least 4 members (excludes halogenated alkanes) is 2. The summed E-state index contributed by atoms with van der Waals surface area (Å²) < 4.78 is 2.17. The van der Waals surface area contributed by atoms with Crippen LogP contribution in [0.5, 0.6) is 0 Å². The second-order valence-corrected chi connectivity index (χ2v) is 10.5. The fourth-order valence-electron chi connectivity index (χ4n) is 5.91. The molecule has 3 aliphatic rings. The summed E-state index contributed by atoms with van der Waals surface area (Å²) in [5.41, 5.74) is 3.21. The molecule has 1 aromatic rings. The van der Waals surface area contributed by atoms with Crippen LogP contribution in [-0.4, -0.2) is 55.8 Å². The number of carbonyl (C=O) groups is 1. The van der Waals surface area contributed by atoms with Crippen molar-refractivity contribution in [2.45, 2.75) is 89.9 Å². The first-order valence-corrected chi connectivity index (χ1v) is 13.3. The number of allylic oxidation sites excluding steroid dienone is 4. The fourth-order valence-corrected chi connectivity index (χ4v) is 6.00. The summed E-state index contributed by atoms with van der Waals surface area (Å²) in [6.45, 7) is 10.5. The van der Waals surface area contributed by atoms with Crippen molar-refractivity contribution in [3.63, 3.8) is 0 Å². The Balaban J connectivity index is 1.35. The normalized spacial score (nSPS) is 25.9. The lowest BCUT2D eigenvalue weighted by Gasteiger charge is -2.49. The fraction of sp³-hybridized carbons (Fsp3) is 0.630. The monoisotopic (exact) mass is 486 g/mol. The van der Waals surface area contributed by atoms with Gasteiger partial charge in [0, 0.05) is 36.8 Å². The van der Waals surface area contributed by atoms with Crippen molar-refractivity contribution in [3.05, 3.63) is 47.3 Å². The van der Waals surface area contributed by atoms with E-state index in [1.165, 1.54) is 18.5 Å². The van der Waals surface area contributed by atoms with Crippen LogP contribution in [0.3, 0.4) is 0 Å². The minimum Gasteiger partial charge on any atom is -0.481 e. The lowest BCUT2D eigenvalue weighted by Crippen LogP contribution is -2.52. The smallest absolute Gasteiger partial charge is 0.306 e. The second-order valence-electron chi connectivity index (χ2n) is 10.0. The molecule has 0 saturated carbocycles. The zero-order valence-electron chi connectivity index (χ0n) is 20.5. The number of carboxylic acids is 1. The number of aryl methyl sites for hydroxylation is 1. The van der Waals surface area contributed by atoms with Crippen molar-refractivity contribution >= 4 is 23.3 Å². The number of hydrogen-bond donors (Lipinski definition) is 1. The maximum atomic E-state index is 11.6. The van der Waals surface area contributed by atoms with E-state index in [2.05, 4.69) is 33.2 Å². The second kappa shape index (κ2) is 11.6. The van der Waals surface area contributed by atoms with E-state index < -0.39 is 5.97 Å². The molecule has 0 aliphatic carbocycles. The van der Waals surface area contributed by atoms with Crippen LogP contribution >= 0.6 is 11.6 Å². The molecule has 1 N–H and O–H groups in total. The van der Waals surface area contributed by atoms with Gasteiger partial charge in [-0.05, 0) is 83.4 Å². The molecule has 2 unspecified atom stereocenters. The zero-order valence-corrected chi connectivity index (χ0v) is 21.2. The van der Waals surface area contributed by atoms with Gasteiger partial charge in [0.15, 0.2) is 0 Å². The molecule has 0 amide bonds. The maximum Gasteiger partial charge on any atom is 0.306 e. The standard InChI is InChI=1S/C27H39ClN4O2/c1-3-22(28)10-6-4-5-7-13-30-14-9-15-31-25(19-30)18-26(29-31)20(2)32-23-11-8-12-24(32)17-21(16-23)27(33)34/h3,6,10,18,21,23-24H,2,4-5,7-9,11-17,19H2,1H3,(H,33,34). The number of halogens is 1. The maximum absolute atomic E-state index is 11.6. The Labute approximate surface area is 208 Å². The average molecular weight is 487 g/mol. The Bertz CT molecular complexity index is 923. The van der Waals surface area contributed by atoms with Crippen molar-refractivity contribution < 1.29 is 9.90 Å². The molecule has 4 heterocycles. The largest absolute Gasteiger partial charge is 0.481 e. The summed E-state index contributed by atoms with van der Waals surface area (Å²) in [6, 6.07) is 2.77. The summed E-state index contributed by atoms with van der Waals surface area (Å²) in [5, 5.41) is 15.3. The average Bonchev–Trinajstić information content (AvgIpc) is 3.12. The third-order valence-corrected chi connectivity index (χ3v) is 8.02. The highest BCUT2D eigenvalue weighted by Gasteiger charge is 2.41. The number of aliphatic carboxylic acids is 1. The molecule has 186 valence electrons. The molecule has 0 radical (unpaired) electrons. The molecule has 7 heteroatoms. The lowest BCUT2D eigenvalue weighted by molar-refractivity contribution is -0.145. The first-order chi connectivity index (χ1) is 16.5. The van der Waals surface area contributed by atoms with Crippen molar-refractivity contribution in [3.8, 4) is 0 Å². The van der Waals surface area contributed by atoms with Gasteiger partial charge in [-0.2, -0.15) is 5.10 Å². The molecule has 2 atom stereocenters.